The highest BCUT2D eigenvalue weighted by atomic mass is 15.2. The van der Waals surface area contributed by atoms with Crippen LogP contribution in [-0.2, 0) is 10.8 Å². The van der Waals surface area contributed by atoms with Crippen molar-refractivity contribution in [3.05, 3.63) is 162 Å². The van der Waals surface area contributed by atoms with Gasteiger partial charge in [-0.25, -0.2) is 9.97 Å². The Hall–Kier alpha value is -6.20. The molecule has 2 aliphatic heterocycles. The molecule has 2 aliphatic rings. The van der Waals surface area contributed by atoms with Gasteiger partial charge in [-0.05, 0) is 71.3 Å². The van der Waals surface area contributed by atoms with Crippen LogP contribution in [0.15, 0.2) is 140 Å². The Morgan fingerprint density at radius 2 is 1.16 bits per heavy atom. The van der Waals surface area contributed by atoms with E-state index in [0.717, 1.165) is 28.4 Å². The van der Waals surface area contributed by atoms with Gasteiger partial charge in [0.25, 0.3) is 0 Å². The van der Waals surface area contributed by atoms with Crippen molar-refractivity contribution in [1.82, 2.24) is 19.1 Å². The third-order valence-corrected chi connectivity index (χ3v) is 11.8. The zero-order valence-corrected chi connectivity index (χ0v) is 29.0. The second kappa shape index (κ2) is 9.73. The smallest absolute Gasteiger partial charge is 0.141 e. The topological polar surface area (TPSA) is 38.9 Å². The van der Waals surface area contributed by atoms with E-state index in [1.54, 1.807) is 0 Å². The van der Waals surface area contributed by atoms with E-state index in [-0.39, 0.29) is 10.8 Å². The number of pyridine rings is 2. The number of hydrogen-bond donors (Lipinski definition) is 0. The molecule has 0 bridgehead atoms. The molecule has 5 aromatic carbocycles. The van der Waals surface area contributed by atoms with Gasteiger partial charge in [0.1, 0.15) is 11.6 Å². The summed E-state index contributed by atoms with van der Waals surface area (Å²) in [6, 6.07) is 46.7. The van der Waals surface area contributed by atoms with Crippen LogP contribution in [0.5, 0.6) is 0 Å². The van der Waals surface area contributed by atoms with Gasteiger partial charge in [0.05, 0.1) is 33.4 Å². The van der Waals surface area contributed by atoms with Crippen molar-refractivity contribution in [2.75, 3.05) is 4.90 Å². The minimum absolute atomic E-state index is 0.171. The first-order valence-corrected chi connectivity index (χ1v) is 17.8. The maximum Gasteiger partial charge on any atom is 0.141 e. The highest BCUT2D eigenvalue weighted by molar-refractivity contribution is 6.14. The second-order valence-electron chi connectivity index (χ2n) is 15.1. The summed E-state index contributed by atoms with van der Waals surface area (Å²) in [5, 5.41) is 4.97. The lowest BCUT2D eigenvalue weighted by Crippen LogP contribution is -2.30. The molecule has 0 atom stereocenters. The summed E-state index contributed by atoms with van der Waals surface area (Å²) in [6.07, 6.45) is 3.80. The molecule has 5 heteroatoms. The lowest BCUT2D eigenvalue weighted by atomic mass is 9.73. The van der Waals surface area contributed by atoms with Gasteiger partial charge in [-0.15, -0.1) is 0 Å². The SMILES string of the molecule is CC1(C)c2ccccc2N(c2ccc3c4ccccc4n(-c4ccccn4)c3c2)c2cc3c(cc21)c1cccc2c1n3-c1ncccc1C2(C)C. The molecule has 11 rings (SSSR count). The number of anilines is 3. The number of rotatable bonds is 2. The van der Waals surface area contributed by atoms with Crippen LogP contribution in [-0.4, -0.2) is 19.1 Å². The van der Waals surface area contributed by atoms with Gasteiger partial charge in [-0.3, -0.25) is 9.13 Å². The molecule has 0 saturated heterocycles. The second-order valence-corrected chi connectivity index (χ2v) is 15.1. The largest absolute Gasteiger partial charge is 0.310 e. The molecule has 0 amide bonds. The Morgan fingerprint density at radius 1 is 0.451 bits per heavy atom. The van der Waals surface area contributed by atoms with Crippen molar-refractivity contribution < 1.29 is 0 Å². The highest BCUT2D eigenvalue weighted by Gasteiger charge is 2.40. The standard InChI is InChI=1S/C46H35N5/c1-45(2)33-15-6-8-19-38(33)49(28-21-22-30-29-13-5-7-18-37(29)50(39(30)25-28)42-20-9-10-23-47-42)41-27-40-32(26-36(41)45)31-14-11-16-34-43(31)51(40)44-35(46(34,3)4)17-12-24-48-44/h5-27H,1-4H3. The summed E-state index contributed by atoms with van der Waals surface area (Å²) >= 11 is 0. The van der Waals surface area contributed by atoms with Gasteiger partial charge < -0.3 is 4.90 Å². The fourth-order valence-corrected chi connectivity index (χ4v) is 9.30. The molecule has 0 aliphatic carbocycles. The molecule has 9 aromatic rings. The number of nitrogens with zero attached hydrogens (tertiary/aromatic N) is 5. The first-order valence-electron chi connectivity index (χ1n) is 17.8. The summed E-state index contributed by atoms with van der Waals surface area (Å²) in [4.78, 5) is 12.3. The molecule has 0 radical (unpaired) electrons. The molecule has 0 fully saturated rings. The van der Waals surface area contributed by atoms with Crippen LogP contribution in [0.1, 0.15) is 49.9 Å². The van der Waals surface area contributed by atoms with Crippen molar-refractivity contribution in [2.24, 2.45) is 0 Å². The van der Waals surface area contributed by atoms with E-state index >= 15 is 0 Å². The highest BCUT2D eigenvalue weighted by Crippen LogP contribution is 2.55. The summed E-state index contributed by atoms with van der Waals surface area (Å²) in [5.74, 6) is 1.93. The van der Waals surface area contributed by atoms with E-state index in [0.29, 0.717) is 0 Å². The van der Waals surface area contributed by atoms with Crippen molar-refractivity contribution in [3.8, 4) is 11.6 Å². The van der Waals surface area contributed by atoms with Crippen LogP contribution >= 0.6 is 0 Å². The van der Waals surface area contributed by atoms with Crippen LogP contribution in [0.25, 0.3) is 55.2 Å². The van der Waals surface area contributed by atoms with Crippen molar-refractivity contribution >= 4 is 60.7 Å². The average Bonchev–Trinajstić information content (AvgIpc) is 3.66. The van der Waals surface area contributed by atoms with E-state index in [1.165, 1.54) is 66.2 Å². The molecule has 244 valence electrons. The van der Waals surface area contributed by atoms with Gasteiger partial charge in [0.15, 0.2) is 0 Å². The Labute approximate surface area is 296 Å². The summed E-state index contributed by atoms with van der Waals surface area (Å²) < 4.78 is 4.72. The van der Waals surface area contributed by atoms with Crippen LogP contribution in [0.3, 0.4) is 0 Å². The van der Waals surface area contributed by atoms with Crippen LogP contribution in [0.2, 0.25) is 0 Å². The van der Waals surface area contributed by atoms with Gasteiger partial charge in [-0.2, -0.15) is 0 Å². The number of fused-ring (bicyclic) bond motifs is 10. The maximum absolute atomic E-state index is 5.05. The first kappa shape index (κ1) is 28.6. The summed E-state index contributed by atoms with van der Waals surface area (Å²) in [5.41, 5.74) is 13.0. The number of aromatic nitrogens is 4. The minimum atomic E-state index is -0.231. The summed E-state index contributed by atoms with van der Waals surface area (Å²) in [6.45, 7) is 9.41. The normalized spacial score (nSPS) is 15.3. The van der Waals surface area contributed by atoms with Crippen LogP contribution < -0.4 is 4.90 Å². The number of benzene rings is 5. The molecule has 0 unspecified atom stereocenters. The molecule has 0 N–H and O–H groups in total. The Bertz CT molecular complexity index is 2930. The van der Waals surface area contributed by atoms with E-state index in [4.69, 9.17) is 9.97 Å². The fourth-order valence-electron chi connectivity index (χ4n) is 9.30. The molecule has 4 aromatic heterocycles. The van der Waals surface area contributed by atoms with E-state index < -0.39 is 0 Å². The van der Waals surface area contributed by atoms with Crippen LogP contribution in [0, 0.1) is 0 Å². The fraction of sp³-hybridized carbons (Fsp3) is 0.130. The van der Waals surface area contributed by atoms with Gasteiger partial charge in [-0.1, -0.05) is 100 Å². The third kappa shape index (κ3) is 3.60. The predicted molar refractivity (Wildman–Crippen MR) is 210 cm³/mol. The van der Waals surface area contributed by atoms with Gasteiger partial charge >= 0.3 is 0 Å². The maximum atomic E-state index is 5.05. The molecule has 0 saturated carbocycles. The molecule has 0 spiro atoms. The minimum Gasteiger partial charge on any atom is -0.310 e. The average molecular weight is 658 g/mol. The monoisotopic (exact) mass is 657 g/mol. The van der Waals surface area contributed by atoms with Crippen molar-refractivity contribution in [1.29, 1.82) is 0 Å². The van der Waals surface area contributed by atoms with Crippen LogP contribution in [0.4, 0.5) is 17.1 Å². The summed E-state index contributed by atoms with van der Waals surface area (Å²) in [7, 11) is 0. The van der Waals surface area contributed by atoms with Crippen molar-refractivity contribution in [2.45, 2.75) is 38.5 Å². The van der Waals surface area contributed by atoms with E-state index in [2.05, 4.69) is 163 Å². The number of para-hydroxylation sites is 3. The van der Waals surface area contributed by atoms with E-state index in [9.17, 15) is 0 Å². The molecular formula is C46H35N5. The zero-order chi connectivity index (χ0) is 34.2. The Balaban J connectivity index is 1.25. The van der Waals surface area contributed by atoms with Gasteiger partial charge in [0, 0.05) is 56.0 Å². The van der Waals surface area contributed by atoms with E-state index in [1.807, 2.05) is 18.5 Å². The van der Waals surface area contributed by atoms with Crippen molar-refractivity contribution in [3.63, 3.8) is 0 Å². The Morgan fingerprint density at radius 3 is 2.04 bits per heavy atom. The molecule has 6 heterocycles. The molecule has 5 nitrogen and oxygen atoms in total. The quantitative estimate of drug-likeness (QED) is 0.186. The van der Waals surface area contributed by atoms with Gasteiger partial charge in [0.2, 0.25) is 0 Å². The number of hydrogen-bond acceptors (Lipinski definition) is 3. The third-order valence-electron chi connectivity index (χ3n) is 11.8. The predicted octanol–water partition coefficient (Wildman–Crippen LogP) is 11.4. The zero-order valence-electron chi connectivity index (χ0n) is 29.0. The molecule has 51 heavy (non-hydrogen) atoms. The Kier molecular flexibility index (Phi) is 5.46. The lowest BCUT2D eigenvalue weighted by Gasteiger charge is -2.42. The lowest BCUT2D eigenvalue weighted by molar-refractivity contribution is 0.624. The molecular weight excluding hydrogens is 623 g/mol. The first-order chi connectivity index (χ1) is 24.8.